The van der Waals surface area contributed by atoms with Crippen molar-refractivity contribution < 1.29 is 4.79 Å². The van der Waals surface area contributed by atoms with Crippen molar-refractivity contribution in [1.29, 1.82) is 0 Å². The molecule has 0 aliphatic rings. The number of H-pyrrole nitrogens is 1. The van der Waals surface area contributed by atoms with Gasteiger partial charge in [0.15, 0.2) is 5.78 Å². The third-order valence-corrected chi connectivity index (χ3v) is 3.17. The Balaban J connectivity index is 2.14. The molecule has 0 amide bonds. The van der Waals surface area contributed by atoms with E-state index >= 15 is 0 Å². The molecule has 0 aliphatic heterocycles. The molecule has 1 aromatic heterocycles. The summed E-state index contributed by atoms with van der Waals surface area (Å²) in [5, 5.41) is 0.590. The molecule has 0 saturated heterocycles. The molecule has 1 aromatic carbocycles. The lowest BCUT2D eigenvalue weighted by Gasteiger charge is -2.11. The van der Waals surface area contributed by atoms with Crippen molar-refractivity contribution in [2.24, 2.45) is 5.73 Å². The van der Waals surface area contributed by atoms with Crippen LogP contribution >= 0.6 is 11.6 Å². The Labute approximate surface area is 115 Å². The van der Waals surface area contributed by atoms with E-state index in [0.717, 1.165) is 5.56 Å². The number of nitrogens with one attached hydrogen (secondary N) is 1. The second kappa shape index (κ2) is 5.82. The molecule has 0 aliphatic carbocycles. The normalized spacial score (nSPS) is 12.1. The summed E-state index contributed by atoms with van der Waals surface area (Å²) < 4.78 is 0. The van der Waals surface area contributed by atoms with E-state index in [0.29, 0.717) is 17.0 Å². The Kier molecular flexibility index (Phi) is 4.14. The lowest BCUT2D eigenvalue weighted by atomic mass is 9.99. The predicted molar refractivity (Wildman–Crippen MR) is 74.5 cm³/mol. The van der Waals surface area contributed by atoms with E-state index in [1.54, 1.807) is 6.07 Å². The van der Waals surface area contributed by atoms with E-state index < -0.39 is 6.04 Å². The lowest BCUT2D eigenvalue weighted by Crippen LogP contribution is -2.33. The molecule has 2 rings (SSSR count). The first-order chi connectivity index (χ1) is 9.08. The van der Waals surface area contributed by atoms with Crippen molar-refractivity contribution in [3.63, 3.8) is 0 Å². The van der Waals surface area contributed by atoms with Gasteiger partial charge < -0.3 is 10.7 Å². The maximum atomic E-state index is 12.1. The molecule has 0 fully saturated rings. The number of rotatable bonds is 4. The van der Waals surface area contributed by atoms with Crippen molar-refractivity contribution in [3.05, 3.63) is 69.1 Å². The van der Waals surface area contributed by atoms with Crippen molar-refractivity contribution in [2.75, 3.05) is 0 Å². The van der Waals surface area contributed by atoms with E-state index in [9.17, 15) is 9.59 Å². The SMILES string of the molecule is N[C@@H](Cc1ccccc1Cl)C(=O)c1ccc(=O)[nH]c1. The fraction of sp³-hybridized carbons (Fsp3) is 0.143. The van der Waals surface area contributed by atoms with Crippen LogP contribution in [0, 0.1) is 0 Å². The van der Waals surface area contributed by atoms with Crippen molar-refractivity contribution in [1.82, 2.24) is 4.98 Å². The maximum absolute atomic E-state index is 12.1. The molecule has 2 aromatic rings. The van der Waals surface area contributed by atoms with Crippen LogP contribution in [0.25, 0.3) is 0 Å². The Morgan fingerprint density at radius 2 is 2.00 bits per heavy atom. The summed E-state index contributed by atoms with van der Waals surface area (Å²) in [5.74, 6) is -0.226. The summed E-state index contributed by atoms with van der Waals surface area (Å²) in [6.45, 7) is 0. The lowest BCUT2D eigenvalue weighted by molar-refractivity contribution is 0.0960. The average Bonchev–Trinajstić information content (AvgIpc) is 2.41. The number of aromatic amines is 1. The molecule has 0 saturated carbocycles. The van der Waals surface area contributed by atoms with Crippen LogP contribution in [0.4, 0.5) is 0 Å². The molecule has 5 heteroatoms. The van der Waals surface area contributed by atoms with Crippen LogP contribution in [0.1, 0.15) is 15.9 Å². The highest BCUT2D eigenvalue weighted by atomic mass is 35.5. The van der Waals surface area contributed by atoms with Gasteiger partial charge in [0.1, 0.15) is 0 Å². The average molecular weight is 277 g/mol. The second-order valence-electron chi connectivity index (χ2n) is 4.21. The summed E-state index contributed by atoms with van der Waals surface area (Å²) in [4.78, 5) is 25.5. The second-order valence-corrected chi connectivity index (χ2v) is 4.62. The zero-order chi connectivity index (χ0) is 13.8. The molecule has 1 heterocycles. The number of Topliss-reactive ketones (excluding diaryl/α,β-unsaturated/α-hetero) is 1. The minimum Gasteiger partial charge on any atom is -0.328 e. The van der Waals surface area contributed by atoms with Gasteiger partial charge in [-0.15, -0.1) is 0 Å². The Hall–Kier alpha value is -1.91. The zero-order valence-corrected chi connectivity index (χ0v) is 10.9. The van der Waals surface area contributed by atoms with E-state index in [-0.39, 0.29) is 11.3 Å². The molecule has 98 valence electrons. The number of ketones is 1. The highest BCUT2D eigenvalue weighted by molar-refractivity contribution is 6.31. The summed E-state index contributed by atoms with van der Waals surface area (Å²) in [6, 6.07) is 9.34. The third kappa shape index (κ3) is 3.30. The van der Waals surface area contributed by atoms with Gasteiger partial charge in [0.25, 0.3) is 0 Å². The number of nitrogens with two attached hydrogens (primary N) is 1. The predicted octanol–water partition coefficient (Wildman–Crippen LogP) is 1.78. The number of benzene rings is 1. The van der Waals surface area contributed by atoms with Crippen LogP contribution in [0.5, 0.6) is 0 Å². The van der Waals surface area contributed by atoms with Gasteiger partial charge in [0, 0.05) is 22.8 Å². The minimum absolute atomic E-state index is 0.226. The van der Waals surface area contributed by atoms with Crippen LogP contribution in [0.2, 0.25) is 5.02 Å². The molecule has 0 unspecified atom stereocenters. The van der Waals surface area contributed by atoms with Crippen molar-refractivity contribution in [2.45, 2.75) is 12.5 Å². The topological polar surface area (TPSA) is 76.0 Å². The fourth-order valence-corrected chi connectivity index (χ4v) is 1.98. The highest BCUT2D eigenvalue weighted by Crippen LogP contribution is 2.17. The Morgan fingerprint density at radius 3 is 2.63 bits per heavy atom. The standard InChI is InChI=1S/C14H13ClN2O2/c15-11-4-2-1-3-9(11)7-12(16)14(19)10-5-6-13(18)17-8-10/h1-6,8,12H,7,16H2,(H,17,18)/t12-/m0/s1. The number of hydrogen-bond acceptors (Lipinski definition) is 3. The number of aromatic nitrogens is 1. The molecular weight excluding hydrogens is 264 g/mol. The summed E-state index contributed by atoms with van der Waals surface area (Å²) in [6.07, 6.45) is 1.73. The van der Waals surface area contributed by atoms with Gasteiger partial charge in [-0.25, -0.2) is 0 Å². The number of hydrogen-bond donors (Lipinski definition) is 2. The van der Waals surface area contributed by atoms with Gasteiger partial charge in [0.05, 0.1) is 6.04 Å². The number of carbonyl (C=O) groups excluding carboxylic acids is 1. The summed E-state index contributed by atoms with van der Waals surface area (Å²) in [5.41, 5.74) is 6.85. The number of pyridine rings is 1. The molecule has 0 bridgehead atoms. The summed E-state index contributed by atoms with van der Waals surface area (Å²) >= 11 is 6.03. The van der Waals surface area contributed by atoms with Gasteiger partial charge in [-0.2, -0.15) is 0 Å². The molecule has 1 atom stereocenters. The van der Waals surface area contributed by atoms with Crippen LogP contribution in [0.15, 0.2) is 47.4 Å². The first kappa shape index (κ1) is 13.5. The first-order valence-electron chi connectivity index (χ1n) is 5.80. The van der Waals surface area contributed by atoms with Crippen LogP contribution in [-0.4, -0.2) is 16.8 Å². The van der Waals surface area contributed by atoms with E-state index in [1.807, 2.05) is 18.2 Å². The van der Waals surface area contributed by atoms with Crippen LogP contribution < -0.4 is 11.3 Å². The van der Waals surface area contributed by atoms with E-state index in [1.165, 1.54) is 18.3 Å². The van der Waals surface area contributed by atoms with Gasteiger partial charge in [-0.05, 0) is 24.1 Å². The largest absolute Gasteiger partial charge is 0.328 e. The van der Waals surface area contributed by atoms with Crippen molar-refractivity contribution in [3.8, 4) is 0 Å². The van der Waals surface area contributed by atoms with Gasteiger partial charge in [-0.1, -0.05) is 29.8 Å². The molecule has 0 radical (unpaired) electrons. The number of halogens is 1. The smallest absolute Gasteiger partial charge is 0.247 e. The van der Waals surface area contributed by atoms with Gasteiger partial charge in [0.2, 0.25) is 5.56 Å². The quantitative estimate of drug-likeness (QED) is 0.836. The molecule has 19 heavy (non-hydrogen) atoms. The minimum atomic E-state index is -0.689. The molecular formula is C14H13ClN2O2. The monoisotopic (exact) mass is 276 g/mol. The van der Waals surface area contributed by atoms with Gasteiger partial charge >= 0.3 is 0 Å². The first-order valence-corrected chi connectivity index (χ1v) is 6.17. The number of carbonyl (C=O) groups is 1. The third-order valence-electron chi connectivity index (χ3n) is 2.80. The van der Waals surface area contributed by atoms with Crippen LogP contribution in [-0.2, 0) is 6.42 Å². The molecule has 0 spiro atoms. The maximum Gasteiger partial charge on any atom is 0.247 e. The summed E-state index contributed by atoms with van der Waals surface area (Å²) in [7, 11) is 0. The Morgan fingerprint density at radius 1 is 1.26 bits per heavy atom. The zero-order valence-electron chi connectivity index (χ0n) is 10.1. The fourth-order valence-electron chi connectivity index (χ4n) is 1.77. The molecule has 3 N–H and O–H groups in total. The van der Waals surface area contributed by atoms with E-state index in [4.69, 9.17) is 17.3 Å². The Bertz CT molecular complexity index is 631. The van der Waals surface area contributed by atoms with Crippen LogP contribution in [0.3, 0.4) is 0 Å². The highest BCUT2D eigenvalue weighted by Gasteiger charge is 2.17. The van der Waals surface area contributed by atoms with Crippen molar-refractivity contribution >= 4 is 17.4 Å². The van der Waals surface area contributed by atoms with Gasteiger partial charge in [-0.3, -0.25) is 9.59 Å². The van der Waals surface area contributed by atoms with E-state index in [2.05, 4.69) is 4.98 Å². The molecule has 4 nitrogen and oxygen atoms in total.